The van der Waals surface area contributed by atoms with Crippen LogP contribution >= 0.6 is 11.3 Å². The lowest BCUT2D eigenvalue weighted by molar-refractivity contribution is 0.669. The molecule has 224 valence electrons. The van der Waals surface area contributed by atoms with Crippen molar-refractivity contribution in [3.05, 3.63) is 158 Å². The van der Waals surface area contributed by atoms with Crippen molar-refractivity contribution in [2.75, 3.05) is 0 Å². The Morgan fingerprint density at radius 1 is 0.458 bits per heavy atom. The van der Waals surface area contributed by atoms with Gasteiger partial charge in [0.25, 0.3) is 0 Å². The van der Waals surface area contributed by atoms with Crippen LogP contribution in [-0.2, 0) is 0 Å². The van der Waals surface area contributed by atoms with Crippen molar-refractivity contribution in [2.24, 2.45) is 0 Å². The van der Waals surface area contributed by atoms with Gasteiger partial charge in [-0.05, 0) is 63.4 Å². The summed E-state index contributed by atoms with van der Waals surface area (Å²) in [7, 11) is 0. The predicted octanol–water partition coefficient (Wildman–Crippen LogP) is 12.6. The first-order valence-corrected chi connectivity index (χ1v) is 16.9. The van der Waals surface area contributed by atoms with Gasteiger partial charge >= 0.3 is 0 Å². The molecule has 0 fully saturated rings. The molecule has 0 saturated heterocycles. The van der Waals surface area contributed by atoms with E-state index < -0.39 is 0 Å². The van der Waals surface area contributed by atoms with Crippen molar-refractivity contribution in [2.45, 2.75) is 0 Å². The second-order valence-corrected chi connectivity index (χ2v) is 13.2. The van der Waals surface area contributed by atoms with Gasteiger partial charge in [-0.3, -0.25) is 0 Å². The van der Waals surface area contributed by atoms with E-state index in [0.29, 0.717) is 5.82 Å². The van der Waals surface area contributed by atoms with E-state index in [1.165, 1.54) is 26.6 Å². The molecule has 3 heterocycles. The van der Waals surface area contributed by atoms with Crippen molar-refractivity contribution < 1.29 is 4.42 Å². The minimum Gasteiger partial charge on any atom is -0.456 e. The van der Waals surface area contributed by atoms with E-state index in [0.717, 1.165) is 65.5 Å². The van der Waals surface area contributed by atoms with E-state index in [-0.39, 0.29) is 0 Å². The van der Waals surface area contributed by atoms with Gasteiger partial charge in [-0.25, -0.2) is 9.97 Å². The Bertz CT molecular complexity index is 2830. The maximum absolute atomic E-state index is 6.43. The van der Waals surface area contributed by atoms with Crippen molar-refractivity contribution in [1.82, 2.24) is 9.97 Å². The summed E-state index contributed by atoms with van der Waals surface area (Å²) in [5.74, 6) is 0.695. The fourth-order valence-electron chi connectivity index (χ4n) is 6.92. The first-order valence-electron chi connectivity index (χ1n) is 16.1. The van der Waals surface area contributed by atoms with Gasteiger partial charge in [-0.2, -0.15) is 0 Å². The maximum Gasteiger partial charge on any atom is 0.161 e. The maximum atomic E-state index is 6.43. The van der Waals surface area contributed by atoms with Gasteiger partial charge in [0, 0.05) is 32.0 Å². The molecule has 0 radical (unpaired) electrons. The number of thiophene rings is 1. The van der Waals surface area contributed by atoms with Gasteiger partial charge in [0.1, 0.15) is 11.2 Å². The van der Waals surface area contributed by atoms with Crippen LogP contribution in [-0.4, -0.2) is 9.97 Å². The lowest BCUT2D eigenvalue weighted by Crippen LogP contribution is -1.94. The summed E-state index contributed by atoms with van der Waals surface area (Å²) in [6.07, 6.45) is 0. The van der Waals surface area contributed by atoms with Crippen LogP contribution in [0, 0.1) is 0 Å². The highest BCUT2D eigenvalue weighted by molar-refractivity contribution is 7.26. The fourth-order valence-corrected chi connectivity index (χ4v) is 8.08. The number of fused-ring (bicyclic) bond motifs is 7. The number of rotatable bonds is 4. The largest absolute Gasteiger partial charge is 0.456 e. The van der Waals surface area contributed by atoms with E-state index >= 15 is 0 Å². The van der Waals surface area contributed by atoms with Crippen molar-refractivity contribution in [3.63, 3.8) is 0 Å². The molecule has 0 aliphatic rings. The van der Waals surface area contributed by atoms with Gasteiger partial charge in [0.05, 0.1) is 15.9 Å². The average Bonchev–Trinajstić information content (AvgIpc) is 3.73. The summed E-state index contributed by atoms with van der Waals surface area (Å²) in [6, 6.07) is 55.5. The number of hydrogen-bond donors (Lipinski definition) is 0. The highest BCUT2D eigenvalue weighted by Crippen LogP contribution is 2.42. The van der Waals surface area contributed by atoms with Crippen LogP contribution in [0.4, 0.5) is 0 Å². The standard InChI is InChI=1S/C44H26N2OS/c1-2-9-27(10-3-1)29-17-19-30(20-18-29)32-23-24-37-36(26-32)40-35(14-8-15-38(40)47-37)44-45-41(33-22-21-28-11-4-5-12-31(28)25-33)43-42(46-44)34-13-6-7-16-39(34)48-43/h1-26H. The molecule has 4 heteroatoms. The zero-order valence-electron chi connectivity index (χ0n) is 25.7. The number of aromatic nitrogens is 2. The lowest BCUT2D eigenvalue weighted by atomic mass is 9.98. The number of hydrogen-bond acceptors (Lipinski definition) is 4. The third kappa shape index (κ3) is 4.34. The molecule has 0 unspecified atom stereocenters. The molecule has 0 atom stereocenters. The zero-order chi connectivity index (χ0) is 31.6. The third-order valence-corrected chi connectivity index (χ3v) is 10.5. The van der Waals surface area contributed by atoms with Gasteiger partial charge in [-0.1, -0.05) is 127 Å². The summed E-state index contributed by atoms with van der Waals surface area (Å²) in [5.41, 5.74) is 10.3. The molecule has 0 N–H and O–H groups in total. The average molecular weight is 631 g/mol. The van der Waals surface area contributed by atoms with Gasteiger partial charge < -0.3 is 4.42 Å². The van der Waals surface area contributed by atoms with Crippen molar-refractivity contribution >= 4 is 64.4 Å². The van der Waals surface area contributed by atoms with E-state index in [1.807, 2.05) is 18.2 Å². The number of furan rings is 1. The molecule has 10 rings (SSSR count). The van der Waals surface area contributed by atoms with Crippen LogP contribution in [0.2, 0.25) is 0 Å². The fraction of sp³-hybridized carbons (Fsp3) is 0. The number of benzene rings is 7. The Kier molecular flexibility index (Phi) is 6.05. The topological polar surface area (TPSA) is 38.9 Å². The minimum absolute atomic E-state index is 0.695. The second kappa shape index (κ2) is 10.7. The molecular weight excluding hydrogens is 605 g/mol. The van der Waals surface area contributed by atoms with Gasteiger partial charge in [-0.15, -0.1) is 11.3 Å². The molecule has 10 aromatic rings. The van der Waals surface area contributed by atoms with Crippen LogP contribution in [0.25, 0.3) is 97.9 Å². The van der Waals surface area contributed by atoms with E-state index in [1.54, 1.807) is 11.3 Å². The lowest BCUT2D eigenvalue weighted by Gasteiger charge is -2.09. The quantitative estimate of drug-likeness (QED) is 0.194. The zero-order valence-corrected chi connectivity index (χ0v) is 26.5. The van der Waals surface area contributed by atoms with Crippen LogP contribution in [0.5, 0.6) is 0 Å². The Hall–Kier alpha value is -6.10. The third-order valence-electron chi connectivity index (χ3n) is 9.30. The van der Waals surface area contributed by atoms with Crippen LogP contribution in [0.15, 0.2) is 162 Å². The van der Waals surface area contributed by atoms with Gasteiger partial charge in [0.15, 0.2) is 5.82 Å². The van der Waals surface area contributed by atoms with Crippen LogP contribution < -0.4 is 0 Å². The van der Waals surface area contributed by atoms with E-state index in [4.69, 9.17) is 14.4 Å². The monoisotopic (exact) mass is 630 g/mol. The van der Waals surface area contributed by atoms with Crippen LogP contribution in [0.3, 0.4) is 0 Å². The highest BCUT2D eigenvalue weighted by atomic mass is 32.1. The summed E-state index contributed by atoms with van der Waals surface area (Å²) in [4.78, 5) is 10.7. The molecule has 3 aromatic heterocycles. The van der Waals surface area contributed by atoms with E-state index in [9.17, 15) is 0 Å². The second-order valence-electron chi connectivity index (χ2n) is 12.2. The summed E-state index contributed by atoms with van der Waals surface area (Å²) in [5, 5.41) is 5.63. The molecular formula is C44H26N2OS. The first-order chi connectivity index (χ1) is 23.8. The SMILES string of the molecule is c1ccc(-c2ccc(-c3ccc4oc5cccc(-c6nc(-c7ccc8ccccc8c7)c7sc8ccccc8c7n6)c5c4c3)cc2)cc1. The molecule has 0 spiro atoms. The molecule has 7 aromatic carbocycles. The van der Waals surface area contributed by atoms with Gasteiger partial charge in [0.2, 0.25) is 0 Å². The first kappa shape index (κ1) is 27.1. The Morgan fingerprint density at radius 2 is 1.17 bits per heavy atom. The minimum atomic E-state index is 0.695. The summed E-state index contributed by atoms with van der Waals surface area (Å²) >= 11 is 1.76. The molecule has 48 heavy (non-hydrogen) atoms. The van der Waals surface area contributed by atoms with Crippen molar-refractivity contribution in [3.8, 4) is 44.9 Å². The normalized spacial score (nSPS) is 11.8. The summed E-state index contributed by atoms with van der Waals surface area (Å²) < 4.78 is 8.74. The number of nitrogens with zero attached hydrogens (tertiary/aromatic N) is 2. The smallest absolute Gasteiger partial charge is 0.161 e. The Labute approximate surface area is 280 Å². The van der Waals surface area contributed by atoms with Crippen molar-refractivity contribution in [1.29, 1.82) is 0 Å². The van der Waals surface area contributed by atoms with E-state index in [2.05, 4.69) is 140 Å². The summed E-state index contributed by atoms with van der Waals surface area (Å²) in [6.45, 7) is 0. The molecule has 0 amide bonds. The predicted molar refractivity (Wildman–Crippen MR) is 201 cm³/mol. The Morgan fingerprint density at radius 3 is 2.04 bits per heavy atom. The highest BCUT2D eigenvalue weighted by Gasteiger charge is 2.20. The molecule has 0 bridgehead atoms. The van der Waals surface area contributed by atoms with Crippen LogP contribution in [0.1, 0.15) is 0 Å². The molecule has 0 aliphatic heterocycles. The molecule has 0 aliphatic carbocycles. The molecule has 0 saturated carbocycles. The Balaban J connectivity index is 1.18. The molecule has 3 nitrogen and oxygen atoms in total.